The molecule has 2 aromatic heterocycles. The molecule has 27 heavy (non-hydrogen) atoms. The molecule has 2 N–H and O–H groups in total. The van der Waals surface area contributed by atoms with Gasteiger partial charge in [0.05, 0.1) is 0 Å². The van der Waals surface area contributed by atoms with Crippen LogP contribution < -0.4 is 5.73 Å². The van der Waals surface area contributed by atoms with Gasteiger partial charge in [0.25, 0.3) is 0 Å². The number of benzene rings is 1. The summed E-state index contributed by atoms with van der Waals surface area (Å²) in [6.45, 7) is 1.57. The average Bonchev–Trinajstić information content (AvgIpc) is 2.70. The van der Waals surface area contributed by atoms with E-state index < -0.39 is 0 Å². The van der Waals surface area contributed by atoms with Gasteiger partial charge in [-0.15, -0.1) is 11.8 Å². The largest absolute Gasteiger partial charge is 0.381 e. The molecule has 5 nitrogen and oxygen atoms in total. The molecule has 4 rings (SSSR count). The highest BCUT2D eigenvalue weighted by atomic mass is 32.2. The van der Waals surface area contributed by atoms with Gasteiger partial charge in [-0.2, -0.15) is 0 Å². The SMILES string of the molecule is Nc1ncc(-c2ccc(-c3cccnc3SC3CCOCC3)cc2F)cn1. The molecule has 0 spiro atoms. The monoisotopic (exact) mass is 382 g/mol. The number of ether oxygens (including phenoxy) is 1. The fourth-order valence-corrected chi connectivity index (χ4v) is 4.23. The Labute approximate surface area is 161 Å². The molecule has 1 aliphatic heterocycles. The molecule has 0 amide bonds. The Morgan fingerprint density at radius 1 is 1.00 bits per heavy atom. The second kappa shape index (κ2) is 8.02. The topological polar surface area (TPSA) is 73.9 Å². The highest BCUT2D eigenvalue weighted by Gasteiger charge is 2.18. The molecule has 3 heterocycles. The Morgan fingerprint density at radius 2 is 1.78 bits per heavy atom. The third-order valence-electron chi connectivity index (χ3n) is 4.48. The van der Waals surface area contributed by atoms with Gasteiger partial charge in [-0.25, -0.2) is 19.3 Å². The van der Waals surface area contributed by atoms with E-state index in [-0.39, 0.29) is 11.8 Å². The van der Waals surface area contributed by atoms with Crippen molar-refractivity contribution in [3.05, 3.63) is 54.7 Å². The standard InChI is InChI=1S/C20H19FN4OS/c21-18-10-13(3-4-16(18)14-11-24-20(22)25-12-14)17-2-1-7-23-19(17)27-15-5-8-26-9-6-15/h1-4,7,10-12,15H,5-6,8-9H2,(H2,22,24,25). The van der Waals surface area contributed by atoms with E-state index in [0.29, 0.717) is 16.4 Å². The van der Waals surface area contributed by atoms with Crippen molar-refractivity contribution in [2.45, 2.75) is 23.1 Å². The predicted molar refractivity (Wildman–Crippen MR) is 105 cm³/mol. The molecule has 1 aliphatic rings. The summed E-state index contributed by atoms with van der Waals surface area (Å²) in [5.41, 5.74) is 8.28. The third-order valence-corrected chi connectivity index (χ3v) is 5.83. The van der Waals surface area contributed by atoms with E-state index in [0.717, 1.165) is 42.2 Å². The number of nitrogens with two attached hydrogens (primary N) is 1. The minimum absolute atomic E-state index is 0.168. The number of pyridine rings is 1. The second-order valence-electron chi connectivity index (χ2n) is 6.31. The Balaban J connectivity index is 1.64. The highest BCUT2D eigenvalue weighted by Crippen LogP contribution is 2.36. The molecule has 138 valence electrons. The van der Waals surface area contributed by atoms with E-state index in [1.165, 1.54) is 18.5 Å². The fraction of sp³-hybridized carbons (Fsp3) is 0.250. The molecule has 0 unspecified atom stereocenters. The van der Waals surface area contributed by atoms with Crippen LogP contribution in [0.4, 0.5) is 10.3 Å². The zero-order valence-corrected chi connectivity index (χ0v) is 15.5. The van der Waals surface area contributed by atoms with Gasteiger partial charge >= 0.3 is 0 Å². The molecular weight excluding hydrogens is 363 g/mol. The van der Waals surface area contributed by atoms with Crippen LogP contribution in [0.5, 0.6) is 0 Å². The molecule has 0 bridgehead atoms. The lowest BCUT2D eigenvalue weighted by Gasteiger charge is -2.22. The van der Waals surface area contributed by atoms with Gasteiger partial charge in [0.1, 0.15) is 10.8 Å². The van der Waals surface area contributed by atoms with Crippen LogP contribution in [0, 0.1) is 5.82 Å². The molecule has 0 saturated carbocycles. The minimum Gasteiger partial charge on any atom is -0.381 e. The van der Waals surface area contributed by atoms with Gasteiger partial charge in [0.15, 0.2) is 0 Å². The summed E-state index contributed by atoms with van der Waals surface area (Å²) in [6.07, 6.45) is 6.84. The molecular formula is C20H19FN4OS. The summed E-state index contributed by atoms with van der Waals surface area (Å²) >= 11 is 1.75. The van der Waals surface area contributed by atoms with Crippen molar-refractivity contribution in [2.24, 2.45) is 0 Å². The van der Waals surface area contributed by atoms with Gasteiger partial charge in [0.2, 0.25) is 5.95 Å². The van der Waals surface area contributed by atoms with E-state index in [4.69, 9.17) is 10.5 Å². The van der Waals surface area contributed by atoms with E-state index in [1.807, 2.05) is 18.2 Å². The van der Waals surface area contributed by atoms with Gasteiger partial charge in [-0.1, -0.05) is 18.2 Å². The number of anilines is 1. The number of nitrogens with zero attached hydrogens (tertiary/aromatic N) is 3. The van der Waals surface area contributed by atoms with Crippen LogP contribution in [0.2, 0.25) is 0 Å². The zero-order valence-electron chi connectivity index (χ0n) is 14.6. The maximum absolute atomic E-state index is 14.8. The summed E-state index contributed by atoms with van der Waals surface area (Å²) in [4.78, 5) is 12.4. The first-order valence-electron chi connectivity index (χ1n) is 8.78. The normalized spacial score (nSPS) is 15.0. The average molecular weight is 382 g/mol. The number of aromatic nitrogens is 3. The molecule has 3 aromatic rings. The summed E-state index contributed by atoms with van der Waals surface area (Å²) in [7, 11) is 0. The van der Waals surface area contributed by atoms with Crippen molar-refractivity contribution >= 4 is 17.7 Å². The van der Waals surface area contributed by atoms with E-state index in [9.17, 15) is 4.39 Å². The van der Waals surface area contributed by atoms with E-state index in [1.54, 1.807) is 24.0 Å². The number of hydrogen-bond donors (Lipinski definition) is 1. The number of rotatable bonds is 4. The zero-order chi connectivity index (χ0) is 18.6. The van der Waals surface area contributed by atoms with Crippen molar-refractivity contribution in [1.82, 2.24) is 15.0 Å². The Morgan fingerprint density at radius 3 is 2.52 bits per heavy atom. The summed E-state index contributed by atoms with van der Waals surface area (Å²) in [5.74, 6) is -0.160. The molecule has 1 aromatic carbocycles. The quantitative estimate of drug-likeness (QED) is 0.729. The van der Waals surface area contributed by atoms with Crippen LogP contribution in [0.3, 0.4) is 0 Å². The Bertz CT molecular complexity index is 930. The summed E-state index contributed by atoms with van der Waals surface area (Å²) in [5, 5.41) is 1.40. The smallest absolute Gasteiger partial charge is 0.219 e. The van der Waals surface area contributed by atoms with Gasteiger partial charge < -0.3 is 10.5 Å². The summed E-state index contributed by atoms with van der Waals surface area (Å²) < 4.78 is 20.2. The van der Waals surface area contributed by atoms with Crippen molar-refractivity contribution in [3.63, 3.8) is 0 Å². The maximum atomic E-state index is 14.8. The van der Waals surface area contributed by atoms with E-state index >= 15 is 0 Å². The van der Waals surface area contributed by atoms with Crippen molar-refractivity contribution in [2.75, 3.05) is 18.9 Å². The van der Waals surface area contributed by atoms with Gasteiger partial charge in [-0.05, 0) is 30.5 Å². The second-order valence-corrected chi connectivity index (χ2v) is 7.60. The maximum Gasteiger partial charge on any atom is 0.219 e. The van der Waals surface area contributed by atoms with Crippen molar-refractivity contribution in [1.29, 1.82) is 0 Å². The molecule has 0 radical (unpaired) electrons. The lowest BCUT2D eigenvalue weighted by molar-refractivity contribution is 0.1000. The van der Waals surface area contributed by atoms with Crippen molar-refractivity contribution < 1.29 is 9.13 Å². The van der Waals surface area contributed by atoms with Gasteiger partial charge in [0, 0.05) is 53.7 Å². The van der Waals surface area contributed by atoms with Crippen LogP contribution in [-0.2, 0) is 4.74 Å². The molecule has 0 aliphatic carbocycles. The fourth-order valence-electron chi connectivity index (χ4n) is 3.05. The van der Waals surface area contributed by atoms with Crippen LogP contribution in [0.25, 0.3) is 22.3 Å². The number of thioether (sulfide) groups is 1. The number of hydrogen-bond acceptors (Lipinski definition) is 6. The van der Waals surface area contributed by atoms with Gasteiger partial charge in [-0.3, -0.25) is 0 Å². The predicted octanol–water partition coefficient (Wildman–Crippen LogP) is 4.20. The highest BCUT2D eigenvalue weighted by molar-refractivity contribution is 8.00. The minimum atomic E-state index is -0.327. The molecule has 1 saturated heterocycles. The van der Waals surface area contributed by atoms with Crippen LogP contribution >= 0.6 is 11.8 Å². The molecule has 1 fully saturated rings. The third kappa shape index (κ3) is 4.09. The van der Waals surface area contributed by atoms with Crippen LogP contribution in [-0.4, -0.2) is 33.4 Å². The van der Waals surface area contributed by atoms with Crippen molar-refractivity contribution in [3.8, 4) is 22.3 Å². The Hall–Kier alpha value is -2.51. The number of nitrogen functional groups attached to an aromatic ring is 1. The molecule has 0 atom stereocenters. The van der Waals surface area contributed by atoms with Crippen LogP contribution in [0.1, 0.15) is 12.8 Å². The lowest BCUT2D eigenvalue weighted by Crippen LogP contribution is -2.17. The van der Waals surface area contributed by atoms with E-state index in [2.05, 4.69) is 15.0 Å². The lowest BCUT2D eigenvalue weighted by atomic mass is 10.0. The molecule has 7 heteroatoms. The number of halogens is 1. The summed E-state index contributed by atoms with van der Waals surface area (Å²) in [6, 6.07) is 9.05. The van der Waals surface area contributed by atoms with Crippen LogP contribution in [0.15, 0.2) is 53.9 Å². The first-order valence-corrected chi connectivity index (χ1v) is 9.66. The Kier molecular flexibility index (Phi) is 5.31. The first kappa shape index (κ1) is 17.9. The first-order chi connectivity index (χ1) is 13.2.